The van der Waals surface area contributed by atoms with Crippen molar-refractivity contribution in [2.75, 3.05) is 25.2 Å². The van der Waals surface area contributed by atoms with Gasteiger partial charge in [0, 0.05) is 10.7 Å². The highest BCUT2D eigenvalue weighted by Crippen LogP contribution is 2.15. The fourth-order valence-electron chi connectivity index (χ4n) is 1.48. The van der Waals surface area contributed by atoms with E-state index in [1.165, 1.54) is 0 Å². The van der Waals surface area contributed by atoms with Crippen LogP contribution in [0.4, 0.5) is 0 Å². The number of nitrogens with two attached hydrogens (primary N) is 1. The molecule has 118 valence electrons. The van der Waals surface area contributed by atoms with Gasteiger partial charge in [0.1, 0.15) is 22.2 Å². The van der Waals surface area contributed by atoms with Crippen molar-refractivity contribution in [1.29, 1.82) is 0 Å². The Bertz CT molecular complexity index is 560. The van der Waals surface area contributed by atoms with E-state index in [4.69, 9.17) is 10.5 Å². The van der Waals surface area contributed by atoms with Gasteiger partial charge in [-0.15, -0.1) is 0 Å². The maximum Gasteiger partial charge on any atom is 0.237 e. The third kappa shape index (κ3) is 8.03. The first kappa shape index (κ1) is 17.9. The zero-order valence-corrected chi connectivity index (χ0v) is 14.1. The van der Waals surface area contributed by atoms with Gasteiger partial charge in [0.2, 0.25) is 5.91 Å². The van der Waals surface area contributed by atoms with E-state index in [0.717, 1.165) is 10.7 Å². The van der Waals surface area contributed by atoms with Gasteiger partial charge in [-0.1, -0.05) is 15.9 Å². The Kier molecular flexibility index (Phi) is 7.13. The summed E-state index contributed by atoms with van der Waals surface area (Å²) in [6.45, 7) is 0.619. The molecular weight excluding hydrogens is 360 g/mol. The van der Waals surface area contributed by atoms with Crippen LogP contribution in [0.5, 0.6) is 5.75 Å². The van der Waals surface area contributed by atoms with Gasteiger partial charge in [0.15, 0.2) is 0 Å². The van der Waals surface area contributed by atoms with E-state index in [1.807, 2.05) is 24.3 Å². The van der Waals surface area contributed by atoms with Crippen molar-refractivity contribution in [1.82, 2.24) is 5.32 Å². The number of nitrogens with one attached hydrogen (secondary N) is 1. The first-order chi connectivity index (χ1) is 9.78. The van der Waals surface area contributed by atoms with Crippen LogP contribution in [0.15, 0.2) is 28.7 Å². The molecule has 0 saturated heterocycles. The van der Waals surface area contributed by atoms with Crippen LogP contribution in [0.2, 0.25) is 0 Å². The molecule has 0 aliphatic heterocycles. The molecule has 0 fully saturated rings. The molecule has 1 atom stereocenters. The lowest BCUT2D eigenvalue weighted by atomic mass is 10.2. The number of hydrogen-bond donors (Lipinski definition) is 2. The predicted molar refractivity (Wildman–Crippen MR) is 84.9 cm³/mol. The molecule has 6 nitrogen and oxygen atoms in total. The second kappa shape index (κ2) is 8.35. The van der Waals surface area contributed by atoms with Gasteiger partial charge in [-0.25, -0.2) is 8.42 Å². The molecule has 0 bridgehead atoms. The number of carbonyl (C=O) groups excluding carboxylic acids is 1. The standard InChI is InChI=1S/C13H19BrN2O4S/c1-21(18,19)9-6-12(15)13(17)16-7-8-20-11-4-2-10(14)3-5-11/h2-5,12H,6-9,15H2,1H3,(H,16,17). The molecule has 8 heteroatoms. The molecule has 1 aromatic carbocycles. The minimum absolute atomic E-state index is 0.100. The Morgan fingerprint density at radius 2 is 2.00 bits per heavy atom. The van der Waals surface area contributed by atoms with Crippen LogP contribution in [-0.4, -0.2) is 45.5 Å². The smallest absolute Gasteiger partial charge is 0.237 e. The van der Waals surface area contributed by atoms with E-state index < -0.39 is 15.9 Å². The molecule has 0 spiro atoms. The van der Waals surface area contributed by atoms with Crippen LogP contribution < -0.4 is 15.8 Å². The maximum atomic E-state index is 11.6. The van der Waals surface area contributed by atoms with Gasteiger partial charge < -0.3 is 15.8 Å². The van der Waals surface area contributed by atoms with Gasteiger partial charge >= 0.3 is 0 Å². The summed E-state index contributed by atoms with van der Waals surface area (Å²) in [6.07, 6.45) is 1.22. The molecule has 0 aliphatic rings. The second-order valence-corrected chi connectivity index (χ2v) is 7.79. The molecule has 21 heavy (non-hydrogen) atoms. The Morgan fingerprint density at radius 3 is 2.57 bits per heavy atom. The Hall–Kier alpha value is -1.12. The minimum atomic E-state index is -3.11. The van der Waals surface area contributed by atoms with Crippen molar-refractivity contribution in [3.8, 4) is 5.75 Å². The molecule has 1 amide bonds. The van der Waals surface area contributed by atoms with Crippen LogP contribution in [0, 0.1) is 0 Å². The largest absolute Gasteiger partial charge is 0.492 e. The van der Waals surface area contributed by atoms with Gasteiger partial charge in [0.25, 0.3) is 0 Å². The number of sulfone groups is 1. The molecule has 3 N–H and O–H groups in total. The summed E-state index contributed by atoms with van der Waals surface area (Å²) in [5, 5.41) is 2.61. The summed E-state index contributed by atoms with van der Waals surface area (Å²) in [4.78, 5) is 11.6. The van der Waals surface area contributed by atoms with Gasteiger partial charge in [-0.3, -0.25) is 4.79 Å². The molecule has 1 rings (SSSR count). The van der Waals surface area contributed by atoms with Crippen LogP contribution in [0.25, 0.3) is 0 Å². The SMILES string of the molecule is CS(=O)(=O)CCC(N)C(=O)NCCOc1ccc(Br)cc1. The normalized spacial score (nSPS) is 12.7. The van der Waals surface area contributed by atoms with E-state index in [1.54, 1.807) is 0 Å². The van der Waals surface area contributed by atoms with Crippen molar-refractivity contribution in [3.05, 3.63) is 28.7 Å². The fourth-order valence-corrected chi connectivity index (χ4v) is 2.42. The number of benzene rings is 1. The van der Waals surface area contributed by atoms with Gasteiger partial charge in [-0.05, 0) is 30.7 Å². The molecule has 0 aliphatic carbocycles. The van der Waals surface area contributed by atoms with Crippen molar-refractivity contribution in [2.45, 2.75) is 12.5 Å². The van der Waals surface area contributed by atoms with Crippen molar-refractivity contribution < 1.29 is 17.9 Å². The average molecular weight is 379 g/mol. The third-order valence-corrected chi connectivity index (χ3v) is 4.13. The number of ether oxygens (including phenoxy) is 1. The fraction of sp³-hybridized carbons (Fsp3) is 0.462. The molecule has 0 saturated carbocycles. The number of rotatable bonds is 8. The van der Waals surface area contributed by atoms with Crippen LogP contribution in [-0.2, 0) is 14.6 Å². The lowest BCUT2D eigenvalue weighted by molar-refractivity contribution is -0.122. The zero-order valence-electron chi connectivity index (χ0n) is 11.7. The average Bonchev–Trinajstić information content (AvgIpc) is 2.41. The molecule has 0 aromatic heterocycles. The predicted octanol–water partition coefficient (Wildman–Crippen LogP) is 0.706. The summed E-state index contributed by atoms with van der Waals surface area (Å²) in [5.41, 5.74) is 5.61. The molecule has 0 radical (unpaired) electrons. The topological polar surface area (TPSA) is 98.5 Å². The van der Waals surface area contributed by atoms with Crippen molar-refractivity contribution >= 4 is 31.7 Å². The zero-order chi connectivity index (χ0) is 15.9. The summed E-state index contributed by atoms with van der Waals surface area (Å²) in [7, 11) is -3.11. The second-order valence-electron chi connectivity index (χ2n) is 4.62. The van der Waals surface area contributed by atoms with Crippen molar-refractivity contribution in [2.24, 2.45) is 5.73 Å². The van der Waals surface area contributed by atoms with Crippen LogP contribution in [0.3, 0.4) is 0 Å². The first-order valence-electron chi connectivity index (χ1n) is 6.37. The van der Waals surface area contributed by atoms with Gasteiger partial charge in [-0.2, -0.15) is 0 Å². The van der Waals surface area contributed by atoms with E-state index in [2.05, 4.69) is 21.2 Å². The lowest BCUT2D eigenvalue weighted by Gasteiger charge is -2.12. The molecule has 0 heterocycles. The highest BCUT2D eigenvalue weighted by molar-refractivity contribution is 9.10. The number of carbonyl (C=O) groups is 1. The van der Waals surface area contributed by atoms with Crippen LogP contribution in [0.1, 0.15) is 6.42 Å². The molecular formula is C13H19BrN2O4S. The van der Waals surface area contributed by atoms with Crippen molar-refractivity contribution in [3.63, 3.8) is 0 Å². The summed E-state index contributed by atoms with van der Waals surface area (Å²) < 4.78 is 28.4. The number of amides is 1. The summed E-state index contributed by atoms with van der Waals surface area (Å²) in [6, 6.07) is 6.50. The molecule has 1 aromatic rings. The summed E-state index contributed by atoms with van der Waals surface area (Å²) in [5.74, 6) is 0.226. The Labute approximate surface area is 133 Å². The molecule has 1 unspecified atom stereocenters. The Morgan fingerprint density at radius 1 is 1.38 bits per heavy atom. The van der Waals surface area contributed by atoms with E-state index in [9.17, 15) is 13.2 Å². The number of halogens is 1. The van der Waals surface area contributed by atoms with E-state index >= 15 is 0 Å². The lowest BCUT2D eigenvalue weighted by Crippen LogP contribution is -2.42. The van der Waals surface area contributed by atoms with Gasteiger partial charge in [0.05, 0.1) is 18.3 Å². The Balaban J connectivity index is 2.22. The number of hydrogen-bond acceptors (Lipinski definition) is 5. The summed E-state index contributed by atoms with van der Waals surface area (Å²) >= 11 is 3.32. The maximum absolute atomic E-state index is 11.6. The monoisotopic (exact) mass is 378 g/mol. The quantitative estimate of drug-likeness (QED) is 0.648. The van der Waals surface area contributed by atoms with E-state index in [-0.39, 0.29) is 18.1 Å². The highest BCUT2D eigenvalue weighted by atomic mass is 79.9. The van der Waals surface area contributed by atoms with E-state index in [0.29, 0.717) is 18.9 Å². The highest BCUT2D eigenvalue weighted by Gasteiger charge is 2.15. The first-order valence-corrected chi connectivity index (χ1v) is 9.22. The van der Waals surface area contributed by atoms with Crippen LogP contribution >= 0.6 is 15.9 Å². The minimum Gasteiger partial charge on any atom is -0.492 e. The third-order valence-electron chi connectivity index (χ3n) is 2.62.